The van der Waals surface area contributed by atoms with Crippen LogP contribution in [0.15, 0.2) is 29.2 Å². The number of aromatic carboxylic acids is 1. The number of aromatic nitrogens is 1. The number of amides is 1. The lowest BCUT2D eigenvalue weighted by Crippen LogP contribution is -2.58. The standard InChI is InChI=1S/C28H31F2N3O5/c29-21-8-2-6-18-16(21)10-11-17-19(7-3-9-22(17)30)23(18)33-14-31(12-15-4-1-5-15)27(36)24-26(35)25(34)20(28(37)38)13-32(24)33/h2,6,8,13,15,17,19,22-23,35H,1,3-5,7,9-12,14H2,(H,37,38). The van der Waals surface area contributed by atoms with Gasteiger partial charge in [-0.25, -0.2) is 13.6 Å². The zero-order valence-corrected chi connectivity index (χ0v) is 21.0. The average molecular weight is 528 g/mol. The van der Waals surface area contributed by atoms with Crippen molar-refractivity contribution in [2.75, 3.05) is 18.2 Å². The first-order chi connectivity index (χ1) is 18.3. The highest BCUT2D eigenvalue weighted by atomic mass is 19.1. The van der Waals surface area contributed by atoms with Crippen LogP contribution in [0.25, 0.3) is 0 Å². The number of nitrogens with zero attached hydrogens (tertiary/aromatic N) is 3. The van der Waals surface area contributed by atoms with Crippen LogP contribution in [0.2, 0.25) is 0 Å². The monoisotopic (exact) mass is 527 g/mol. The van der Waals surface area contributed by atoms with Crippen LogP contribution in [-0.4, -0.2) is 51.1 Å². The molecule has 1 aromatic carbocycles. The summed E-state index contributed by atoms with van der Waals surface area (Å²) in [4.78, 5) is 39.8. The Morgan fingerprint density at radius 3 is 2.53 bits per heavy atom. The van der Waals surface area contributed by atoms with Gasteiger partial charge in [0.15, 0.2) is 11.4 Å². The number of rotatable bonds is 4. The van der Waals surface area contributed by atoms with E-state index in [9.17, 15) is 24.6 Å². The Morgan fingerprint density at radius 2 is 1.82 bits per heavy atom. The quantitative estimate of drug-likeness (QED) is 0.624. The maximum atomic E-state index is 15.4. The maximum Gasteiger partial charge on any atom is 0.341 e. The Balaban J connectivity index is 1.57. The van der Waals surface area contributed by atoms with Gasteiger partial charge in [0.25, 0.3) is 5.91 Å². The van der Waals surface area contributed by atoms with Gasteiger partial charge in [0.05, 0.1) is 6.04 Å². The summed E-state index contributed by atoms with van der Waals surface area (Å²) in [6.45, 7) is 0.469. The molecule has 0 saturated heterocycles. The van der Waals surface area contributed by atoms with Crippen molar-refractivity contribution in [3.05, 3.63) is 62.8 Å². The van der Waals surface area contributed by atoms with Crippen molar-refractivity contribution in [3.8, 4) is 5.75 Å². The second kappa shape index (κ2) is 9.39. The number of benzene rings is 1. The minimum Gasteiger partial charge on any atom is -0.502 e. The van der Waals surface area contributed by atoms with Crippen LogP contribution in [0.5, 0.6) is 5.75 Å². The number of alkyl halides is 1. The predicted molar refractivity (Wildman–Crippen MR) is 134 cm³/mol. The molecule has 0 spiro atoms. The average Bonchev–Trinajstić information content (AvgIpc) is 3.03. The molecule has 2 heterocycles. The largest absolute Gasteiger partial charge is 0.502 e. The molecule has 4 unspecified atom stereocenters. The number of carboxylic acid groups (broad SMARTS) is 1. The molecular formula is C28H31F2N3O5. The lowest BCUT2D eigenvalue weighted by atomic mass is 9.72. The van der Waals surface area contributed by atoms with Crippen molar-refractivity contribution >= 4 is 11.9 Å². The van der Waals surface area contributed by atoms with Gasteiger partial charge in [0.1, 0.15) is 24.2 Å². The van der Waals surface area contributed by atoms with Gasteiger partial charge < -0.3 is 15.1 Å². The smallest absolute Gasteiger partial charge is 0.341 e. The van der Waals surface area contributed by atoms with E-state index < -0.39 is 40.8 Å². The molecule has 1 aromatic heterocycles. The van der Waals surface area contributed by atoms with Crippen LogP contribution < -0.4 is 10.4 Å². The van der Waals surface area contributed by atoms with E-state index in [1.807, 2.05) is 6.07 Å². The Labute approximate surface area is 218 Å². The van der Waals surface area contributed by atoms with E-state index in [4.69, 9.17) is 0 Å². The van der Waals surface area contributed by atoms with E-state index in [1.54, 1.807) is 16.0 Å². The SMILES string of the molecule is O=C(O)c1cn2c(c(O)c1=O)C(=O)N(CC1CCC1)CN2C1c2cccc(F)c2CCC2C(F)CCCC21. The summed E-state index contributed by atoms with van der Waals surface area (Å²) in [6.07, 6.45) is 5.66. The van der Waals surface area contributed by atoms with Gasteiger partial charge in [0, 0.05) is 12.7 Å². The van der Waals surface area contributed by atoms with E-state index in [0.29, 0.717) is 49.8 Å². The molecule has 0 radical (unpaired) electrons. The lowest BCUT2D eigenvalue weighted by molar-refractivity contribution is 0.0501. The Kier molecular flexibility index (Phi) is 6.15. The predicted octanol–water partition coefficient (Wildman–Crippen LogP) is 3.98. The summed E-state index contributed by atoms with van der Waals surface area (Å²) in [5.74, 6) is -3.68. The molecule has 10 heteroatoms. The maximum absolute atomic E-state index is 15.4. The zero-order valence-electron chi connectivity index (χ0n) is 21.0. The fourth-order valence-electron chi connectivity index (χ4n) is 7.02. The van der Waals surface area contributed by atoms with Crippen molar-refractivity contribution in [2.45, 2.75) is 63.6 Å². The molecule has 2 aromatic rings. The van der Waals surface area contributed by atoms with E-state index in [0.717, 1.165) is 25.5 Å². The molecule has 2 N–H and O–H groups in total. The zero-order chi connectivity index (χ0) is 26.7. The normalized spacial score (nSPS) is 27.2. The van der Waals surface area contributed by atoms with Crippen molar-refractivity contribution in [1.29, 1.82) is 0 Å². The molecule has 6 rings (SSSR count). The van der Waals surface area contributed by atoms with E-state index in [-0.39, 0.29) is 35.9 Å². The molecule has 8 nitrogen and oxygen atoms in total. The fraction of sp³-hybridized carbons (Fsp3) is 0.536. The lowest BCUT2D eigenvalue weighted by Gasteiger charge is -2.49. The van der Waals surface area contributed by atoms with Crippen molar-refractivity contribution < 1.29 is 28.6 Å². The summed E-state index contributed by atoms with van der Waals surface area (Å²) in [7, 11) is 0. The molecule has 2 saturated carbocycles. The first-order valence-electron chi connectivity index (χ1n) is 13.5. The molecule has 1 aliphatic heterocycles. The number of pyridine rings is 1. The van der Waals surface area contributed by atoms with Gasteiger partial charge in [-0.15, -0.1) is 0 Å². The van der Waals surface area contributed by atoms with Crippen LogP contribution in [-0.2, 0) is 6.42 Å². The first-order valence-corrected chi connectivity index (χ1v) is 13.5. The van der Waals surface area contributed by atoms with Crippen LogP contribution in [0.4, 0.5) is 8.78 Å². The van der Waals surface area contributed by atoms with Crippen LogP contribution >= 0.6 is 0 Å². The van der Waals surface area contributed by atoms with Gasteiger partial charge in [-0.1, -0.05) is 25.0 Å². The summed E-state index contributed by atoms with van der Waals surface area (Å²) in [5, 5.41) is 22.3. The van der Waals surface area contributed by atoms with Gasteiger partial charge in [-0.2, -0.15) is 0 Å². The van der Waals surface area contributed by atoms with Crippen molar-refractivity contribution in [1.82, 2.24) is 9.58 Å². The highest BCUT2D eigenvalue weighted by Gasteiger charge is 2.47. The summed E-state index contributed by atoms with van der Waals surface area (Å²) in [5.41, 5.74) is -0.948. The third kappa shape index (κ3) is 3.87. The summed E-state index contributed by atoms with van der Waals surface area (Å²) in [6, 6.07) is 4.23. The second-order valence-electron chi connectivity index (χ2n) is 11.2. The number of carbonyl (C=O) groups is 2. The van der Waals surface area contributed by atoms with Crippen LogP contribution in [0.3, 0.4) is 0 Å². The third-order valence-electron chi connectivity index (χ3n) is 9.14. The van der Waals surface area contributed by atoms with Crippen LogP contribution in [0.1, 0.15) is 83.0 Å². The number of fused-ring (bicyclic) bond motifs is 3. The number of aromatic hydroxyl groups is 1. The van der Waals surface area contributed by atoms with Gasteiger partial charge in [0.2, 0.25) is 5.43 Å². The minimum atomic E-state index is -1.53. The Hall–Kier alpha value is -3.43. The van der Waals surface area contributed by atoms with Gasteiger partial charge in [-0.3, -0.25) is 19.3 Å². The number of carbonyl (C=O) groups excluding carboxylic acids is 1. The summed E-state index contributed by atoms with van der Waals surface area (Å²) >= 11 is 0. The molecule has 1 amide bonds. The molecular weight excluding hydrogens is 496 g/mol. The van der Waals surface area contributed by atoms with Crippen molar-refractivity contribution in [3.63, 3.8) is 0 Å². The minimum absolute atomic E-state index is 0.0461. The third-order valence-corrected chi connectivity index (χ3v) is 9.14. The van der Waals surface area contributed by atoms with E-state index in [2.05, 4.69) is 0 Å². The molecule has 202 valence electrons. The van der Waals surface area contributed by atoms with Crippen LogP contribution in [0, 0.1) is 23.6 Å². The number of hydrogen-bond donors (Lipinski definition) is 2. The molecule has 38 heavy (non-hydrogen) atoms. The highest BCUT2D eigenvalue weighted by Crippen LogP contribution is 2.49. The highest BCUT2D eigenvalue weighted by molar-refractivity contribution is 5.97. The van der Waals surface area contributed by atoms with Gasteiger partial charge in [-0.05, 0) is 73.5 Å². The van der Waals surface area contributed by atoms with Gasteiger partial charge >= 0.3 is 5.97 Å². The molecule has 0 bridgehead atoms. The molecule has 4 atom stereocenters. The number of halogens is 2. The summed E-state index contributed by atoms with van der Waals surface area (Å²) < 4.78 is 31.8. The van der Waals surface area contributed by atoms with Crippen molar-refractivity contribution in [2.24, 2.45) is 17.8 Å². The topological polar surface area (TPSA) is 103 Å². The van der Waals surface area contributed by atoms with E-state index >= 15 is 8.78 Å². The second-order valence-corrected chi connectivity index (χ2v) is 11.2. The Bertz CT molecular complexity index is 1360. The molecule has 2 fully saturated rings. The number of hydrogen-bond acceptors (Lipinski definition) is 5. The molecule has 3 aliphatic carbocycles. The molecule has 4 aliphatic rings. The Morgan fingerprint density at radius 1 is 1.05 bits per heavy atom. The number of carboxylic acids is 1. The fourth-order valence-corrected chi connectivity index (χ4v) is 7.02. The first kappa shape index (κ1) is 24.9. The van der Waals surface area contributed by atoms with E-state index in [1.165, 1.54) is 10.7 Å².